The van der Waals surface area contributed by atoms with Crippen molar-refractivity contribution in [2.24, 2.45) is 0 Å². The smallest absolute Gasteiger partial charge is 0.261 e. The van der Waals surface area contributed by atoms with Crippen molar-refractivity contribution in [1.29, 1.82) is 0 Å². The molecule has 0 aliphatic carbocycles. The van der Waals surface area contributed by atoms with Crippen molar-refractivity contribution in [3.8, 4) is 0 Å². The van der Waals surface area contributed by atoms with Crippen LogP contribution in [0.3, 0.4) is 0 Å². The largest absolute Gasteiger partial charge is 0.370 e. The molecule has 2 N–H and O–H groups in total. The molecule has 0 spiro atoms. The lowest BCUT2D eigenvalue weighted by Crippen LogP contribution is -2.13. The van der Waals surface area contributed by atoms with Gasteiger partial charge in [0.25, 0.3) is 10.0 Å². The first kappa shape index (κ1) is 16.6. The molecule has 0 radical (unpaired) electrons. The van der Waals surface area contributed by atoms with Gasteiger partial charge in [0.15, 0.2) is 0 Å². The molecule has 0 fully saturated rings. The standard InChI is InChI=1S/C15H18ClN3O2S/c1-2-3-10-17-15-9-6-13(11-18-15)19-22(20,21)14-7-4-12(16)5-8-14/h4-9,11,19H,2-3,10H2,1H3,(H,17,18). The summed E-state index contributed by atoms with van der Waals surface area (Å²) in [6.45, 7) is 2.96. The van der Waals surface area contributed by atoms with Crippen LogP contribution in [0.25, 0.3) is 0 Å². The molecule has 0 saturated heterocycles. The van der Waals surface area contributed by atoms with Crippen molar-refractivity contribution < 1.29 is 8.42 Å². The summed E-state index contributed by atoms with van der Waals surface area (Å²) < 4.78 is 26.9. The van der Waals surface area contributed by atoms with E-state index in [1.165, 1.54) is 30.5 Å². The second kappa shape index (κ2) is 7.47. The number of aromatic nitrogens is 1. The zero-order valence-electron chi connectivity index (χ0n) is 12.2. The molecule has 5 nitrogen and oxygen atoms in total. The average molecular weight is 340 g/mol. The molecule has 1 aromatic carbocycles. The van der Waals surface area contributed by atoms with Gasteiger partial charge in [0, 0.05) is 11.6 Å². The first-order valence-electron chi connectivity index (χ1n) is 6.99. The number of sulfonamides is 1. The lowest BCUT2D eigenvalue weighted by molar-refractivity contribution is 0.601. The summed E-state index contributed by atoms with van der Waals surface area (Å²) in [5.74, 6) is 0.725. The summed E-state index contributed by atoms with van der Waals surface area (Å²) >= 11 is 5.76. The van der Waals surface area contributed by atoms with Crippen LogP contribution in [0, 0.1) is 0 Å². The SMILES string of the molecule is CCCCNc1ccc(NS(=O)(=O)c2ccc(Cl)cc2)cn1. The van der Waals surface area contributed by atoms with Gasteiger partial charge in [0.05, 0.1) is 16.8 Å². The quantitative estimate of drug-likeness (QED) is 0.754. The molecule has 0 bridgehead atoms. The maximum absolute atomic E-state index is 12.2. The number of benzene rings is 1. The van der Waals surface area contributed by atoms with Gasteiger partial charge in [-0.05, 0) is 42.8 Å². The van der Waals surface area contributed by atoms with Crippen molar-refractivity contribution in [3.05, 3.63) is 47.6 Å². The molecule has 1 heterocycles. The van der Waals surface area contributed by atoms with E-state index in [9.17, 15) is 8.42 Å². The molecular weight excluding hydrogens is 322 g/mol. The maximum Gasteiger partial charge on any atom is 0.261 e. The lowest BCUT2D eigenvalue weighted by Gasteiger charge is -2.09. The molecule has 0 unspecified atom stereocenters. The van der Waals surface area contributed by atoms with Gasteiger partial charge in [-0.2, -0.15) is 0 Å². The zero-order valence-corrected chi connectivity index (χ0v) is 13.8. The van der Waals surface area contributed by atoms with E-state index in [2.05, 4.69) is 21.9 Å². The van der Waals surface area contributed by atoms with Crippen molar-refractivity contribution in [2.45, 2.75) is 24.7 Å². The Morgan fingerprint density at radius 2 is 1.86 bits per heavy atom. The topological polar surface area (TPSA) is 71.1 Å². The van der Waals surface area contributed by atoms with E-state index >= 15 is 0 Å². The number of anilines is 2. The van der Waals surface area contributed by atoms with Crippen molar-refractivity contribution in [1.82, 2.24) is 4.98 Å². The maximum atomic E-state index is 12.2. The molecule has 7 heteroatoms. The Morgan fingerprint density at radius 1 is 1.14 bits per heavy atom. The first-order chi connectivity index (χ1) is 10.5. The van der Waals surface area contributed by atoms with Crippen LogP contribution in [0.5, 0.6) is 0 Å². The summed E-state index contributed by atoms with van der Waals surface area (Å²) in [7, 11) is -3.63. The highest BCUT2D eigenvalue weighted by Crippen LogP contribution is 2.18. The molecule has 0 saturated carbocycles. The fraction of sp³-hybridized carbons (Fsp3) is 0.267. The van der Waals surface area contributed by atoms with Gasteiger partial charge in [-0.15, -0.1) is 0 Å². The zero-order chi connectivity index (χ0) is 16.0. The Balaban J connectivity index is 2.05. The first-order valence-corrected chi connectivity index (χ1v) is 8.85. The van der Waals surface area contributed by atoms with Crippen molar-refractivity contribution >= 4 is 33.1 Å². The summed E-state index contributed by atoms with van der Waals surface area (Å²) in [5, 5.41) is 3.66. The average Bonchev–Trinajstić information content (AvgIpc) is 2.49. The fourth-order valence-electron chi connectivity index (χ4n) is 1.78. The molecule has 1 aromatic heterocycles. The van der Waals surface area contributed by atoms with Crippen LogP contribution < -0.4 is 10.0 Å². The van der Waals surface area contributed by atoms with Crippen LogP contribution in [0.2, 0.25) is 5.02 Å². The van der Waals surface area contributed by atoms with Gasteiger partial charge >= 0.3 is 0 Å². The number of nitrogens with one attached hydrogen (secondary N) is 2. The molecule has 118 valence electrons. The Kier molecular flexibility index (Phi) is 5.63. The molecule has 0 amide bonds. The Bertz CT molecular complexity index is 701. The number of nitrogens with zero attached hydrogens (tertiary/aromatic N) is 1. The third kappa shape index (κ3) is 4.61. The van der Waals surface area contributed by atoms with Gasteiger partial charge in [0.1, 0.15) is 5.82 Å². The third-order valence-electron chi connectivity index (χ3n) is 2.98. The van der Waals surface area contributed by atoms with E-state index in [-0.39, 0.29) is 4.90 Å². The van der Waals surface area contributed by atoms with Crippen LogP contribution in [-0.4, -0.2) is 19.9 Å². The predicted molar refractivity (Wildman–Crippen MR) is 89.9 cm³/mol. The molecule has 0 aliphatic heterocycles. The van der Waals surface area contributed by atoms with Crippen LogP contribution in [0.1, 0.15) is 19.8 Å². The third-order valence-corrected chi connectivity index (χ3v) is 4.63. The van der Waals surface area contributed by atoms with Crippen LogP contribution in [0.15, 0.2) is 47.5 Å². The Labute approximate surface area is 135 Å². The number of unbranched alkanes of at least 4 members (excludes halogenated alkanes) is 1. The highest BCUT2D eigenvalue weighted by molar-refractivity contribution is 7.92. The molecule has 0 atom stereocenters. The van der Waals surface area contributed by atoms with E-state index in [1.54, 1.807) is 12.1 Å². The van der Waals surface area contributed by atoms with Gasteiger partial charge in [-0.25, -0.2) is 13.4 Å². The fourth-order valence-corrected chi connectivity index (χ4v) is 2.95. The number of halogens is 1. The second-order valence-electron chi connectivity index (χ2n) is 4.77. The normalized spacial score (nSPS) is 11.2. The van der Waals surface area contributed by atoms with E-state index in [1.807, 2.05) is 0 Å². The second-order valence-corrected chi connectivity index (χ2v) is 6.89. The van der Waals surface area contributed by atoms with Crippen LogP contribution >= 0.6 is 11.6 Å². The predicted octanol–water partition coefficient (Wildman–Crippen LogP) is 3.75. The summed E-state index contributed by atoms with van der Waals surface area (Å²) in [6.07, 6.45) is 3.65. The number of pyridine rings is 1. The summed E-state index contributed by atoms with van der Waals surface area (Å²) in [6, 6.07) is 9.41. The number of hydrogen-bond donors (Lipinski definition) is 2. The monoisotopic (exact) mass is 339 g/mol. The summed E-state index contributed by atoms with van der Waals surface area (Å²) in [4.78, 5) is 4.34. The van der Waals surface area contributed by atoms with Gasteiger partial charge < -0.3 is 5.32 Å². The van der Waals surface area contributed by atoms with E-state index < -0.39 is 10.0 Å². The molecular formula is C15H18ClN3O2S. The highest BCUT2D eigenvalue weighted by Gasteiger charge is 2.14. The molecule has 0 aliphatic rings. The minimum absolute atomic E-state index is 0.155. The van der Waals surface area contributed by atoms with Crippen LogP contribution in [-0.2, 0) is 10.0 Å². The molecule has 22 heavy (non-hydrogen) atoms. The minimum Gasteiger partial charge on any atom is -0.370 e. The van der Waals surface area contributed by atoms with E-state index in [0.29, 0.717) is 10.7 Å². The molecule has 2 aromatic rings. The highest BCUT2D eigenvalue weighted by atomic mass is 35.5. The van der Waals surface area contributed by atoms with Crippen LogP contribution in [0.4, 0.5) is 11.5 Å². The van der Waals surface area contributed by atoms with Gasteiger partial charge in [-0.1, -0.05) is 24.9 Å². The van der Waals surface area contributed by atoms with Gasteiger partial charge in [-0.3, -0.25) is 4.72 Å². The number of hydrogen-bond acceptors (Lipinski definition) is 4. The van der Waals surface area contributed by atoms with E-state index in [4.69, 9.17) is 11.6 Å². The summed E-state index contributed by atoms with van der Waals surface area (Å²) in [5.41, 5.74) is 0.413. The van der Waals surface area contributed by atoms with Crippen molar-refractivity contribution in [3.63, 3.8) is 0 Å². The number of rotatable bonds is 7. The lowest BCUT2D eigenvalue weighted by atomic mass is 10.3. The van der Waals surface area contributed by atoms with E-state index in [0.717, 1.165) is 25.2 Å². The Hall–Kier alpha value is -1.79. The van der Waals surface area contributed by atoms with Gasteiger partial charge in [0.2, 0.25) is 0 Å². The van der Waals surface area contributed by atoms with Crippen molar-refractivity contribution in [2.75, 3.05) is 16.6 Å². The molecule has 2 rings (SSSR count). The minimum atomic E-state index is -3.63. The Morgan fingerprint density at radius 3 is 2.45 bits per heavy atom.